The number of anilines is 3. The van der Waals surface area contributed by atoms with Crippen LogP contribution >= 0.6 is 0 Å². The molecule has 0 radical (unpaired) electrons. The largest absolute Gasteiger partial charge is 0.352 e. The van der Waals surface area contributed by atoms with E-state index in [4.69, 9.17) is 0 Å². The highest BCUT2D eigenvalue weighted by Gasteiger charge is 2.22. The Bertz CT molecular complexity index is 718. The van der Waals surface area contributed by atoms with Crippen molar-refractivity contribution in [3.05, 3.63) is 36.0 Å². The molecule has 0 amide bonds. The zero-order chi connectivity index (χ0) is 16.9. The van der Waals surface area contributed by atoms with Crippen LogP contribution in [0.3, 0.4) is 0 Å². The fraction of sp³-hybridized carbons (Fsp3) is 0.444. The van der Waals surface area contributed by atoms with Crippen LogP contribution in [-0.4, -0.2) is 33.6 Å². The van der Waals surface area contributed by atoms with Crippen LogP contribution in [0.5, 0.6) is 0 Å². The molecule has 2 heterocycles. The van der Waals surface area contributed by atoms with E-state index in [1.165, 1.54) is 19.3 Å². The molecule has 1 unspecified atom stereocenters. The summed E-state index contributed by atoms with van der Waals surface area (Å²) >= 11 is 0. The molecule has 6 nitrogen and oxygen atoms in total. The molecule has 3 rings (SSSR count). The molecule has 1 aromatic heterocycles. The third-order valence-electron chi connectivity index (χ3n) is 4.46. The van der Waals surface area contributed by atoms with Gasteiger partial charge in [0.25, 0.3) is 0 Å². The number of hydrogen-bond acceptors (Lipinski definition) is 6. The van der Waals surface area contributed by atoms with Crippen molar-refractivity contribution in [2.45, 2.75) is 45.6 Å². The number of nitrogens with one attached hydrogen (secondary N) is 1. The third-order valence-corrected chi connectivity index (χ3v) is 4.46. The Morgan fingerprint density at radius 1 is 1.38 bits per heavy atom. The van der Waals surface area contributed by atoms with Gasteiger partial charge in [-0.3, -0.25) is 4.79 Å². The van der Waals surface area contributed by atoms with Crippen LogP contribution in [0.25, 0.3) is 0 Å². The smallest absolute Gasteiger partial charge is 0.249 e. The monoisotopic (exact) mass is 325 g/mol. The molecule has 1 atom stereocenters. The number of rotatable bonds is 5. The second kappa shape index (κ2) is 7.38. The Kier molecular flexibility index (Phi) is 5.03. The molecule has 1 fully saturated rings. The van der Waals surface area contributed by atoms with Crippen molar-refractivity contribution in [1.29, 1.82) is 0 Å². The van der Waals surface area contributed by atoms with Crippen LogP contribution in [0.4, 0.5) is 17.5 Å². The number of carbonyl (C=O) groups is 1. The van der Waals surface area contributed by atoms with E-state index in [9.17, 15) is 4.79 Å². The lowest BCUT2D eigenvalue weighted by molar-refractivity contribution is 0.101. The Morgan fingerprint density at radius 3 is 3.04 bits per heavy atom. The van der Waals surface area contributed by atoms with Crippen molar-refractivity contribution in [3.63, 3.8) is 0 Å². The highest BCUT2D eigenvalue weighted by Crippen LogP contribution is 2.25. The summed E-state index contributed by atoms with van der Waals surface area (Å²) in [6.07, 6.45) is 6.49. The van der Waals surface area contributed by atoms with Crippen molar-refractivity contribution in [2.24, 2.45) is 0 Å². The normalized spacial score (nSPS) is 17.6. The van der Waals surface area contributed by atoms with Crippen molar-refractivity contribution < 1.29 is 4.79 Å². The van der Waals surface area contributed by atoms with Crippen LogP contribution in [0.15, 0.2) is 30.5 Å². The fourth-order valence-electron chi connectivity index (χ4n) is 3.16. The molecule has 2 aromatic rings. The molecule has 24 heavy (non-hydrogen) atoms. The molecule has 126 valence electrons. The molecular formula is C18H23N5O. The number of ketones is 1. The first kappa shape index (κ1) is 16.4. The minimum atomic E-state index is 0.0329. The zero-order valence-electron chi connectivity index (χ0n) is 14.2. The molecule has 1 aliphatic heterocycles. The van der Waals surface area contributed by atoms with Crippen LogP contribution in [0, 0.1) is 0 Å². The zero-order valence-corrected chi connectivity index (χ0v) is 14.2. The number of hydrogen-bond donors (Lipinski definition) is 1. The first-order valence-electron chi connectivity index (χ1n) is 8.51. The van der Waals surface area contributed by atoms with Gasteiger partial charge in [0.05, 0.1) is 6.20 Å². The first-order chi connectivity index (χ1) is 11.7. The van der Waals surface area contributed by atoms with Gasteiger partial charge in [0.2, 0.25) is 5.95 Å². The van der Waals surface area contributed by atoms with Gasteiger partial charge in [-0.2, -0.15) is 10.1 Å². The Labute approximate surface area is 142 Å². The van der Waals surface area contributed by atoms with Crippen molar-refractivity contribution in [2.75, 3.05) is 16.8 Å². The highest BCUT2D eigenvalue weighted by atomic mass is 16.1. The Hall–Kier alpha value is -2.50. The van der Waals surface area contributed by atoms with Crippen molar-refractivity contribution >= 4 is 23.2 Å². The number of carbonyl (C=O) groups excluding carboxylic acids is 1. The lowest BCUT2D eigenvalue weighted by Crippen LogP contribution is -2.39. The molecule has 0 saturated carbocycles. The van der Waals surface area contributed by atoms with Gasteiger partial charge in [0.1, 0.15) is 0 Å². The lowest BCUT2D eigenvalue weighted by atomic mass is 10.0. The van der Waals surface area contributed by atoms with Gasteiger partial charge in [-0.15, -0.1) is 5.10 Å². The lowest BCUT2D eigenvalue weighted by Gasteiger charge is -2.35. The molecule has 0 aliphatic carbocycles. The first-order valence-corrected chi connectivity index (χ1v) is 8.51. The summed E-state index contributed by atoms with van der Waals surface area (Å²) < 4.78 is 0. The van der Waals surface area contributed by atoms with E-state index >= 15 is 0 Å². The molecular weight excluding hydrogens is 302 g/mol. The molecule has 1 aromatic carbocycles. The maximum Gasteiger partial charge on any atom is 0.249 e. The standard InChI is InChI=1S/C18H23N5O/c1-3-16-9-4-5-10-23(16)17-12-19-22-18(21-17)20-15-8-6-7-14(11-15)13(2)24/h6-8,11-12,16H,3-5,9-10H2,1-2H3,(H,20,21,22). The summed E-state index contributed by atoms with van der Waals surface area (Å²) in [4.78, 5) is 18.5. The number of piperidine rings is 1. The van der Waals surface area contributed by atoms with Gasteiger partial charge in [-0.25, -0.2) is 0 Å². The second-order valence-electron chi connectivity index (χ2n) is 6.15. The van der Waals surface area contributed by atoms with E-state index in [1.807, 2.05) is 12.1 Å². The SMILES string of the molecule is CCC1CCCCN1c1cnnc(Nc2cccc(C(C)=O)c2)n1. The average Bonchev–Trinajstić information content (AvgIpc) is 2.62. The quantitative estimate of drug-likeness (QED) is 0.847. The molecule has 0 spiro atoms. The molecule has 1 saturated heterocycles. The van der Waals surface area contributed by atoms with E-state index in [0.29, 0.717) is 17.6 Å². The van der Waals surface area contributed by atoms with Crippen LogP contribution in [-0.2, 0) is 0 Å². The Balaban J connectivity index is 1.80. The van der Waals surface area contributed by atoms with Gasteiger partial charge in [-0.1, -0.05) is 19.1 Å². The maximum absolute atomic E-state index is 11.5. The summed E-state index contributed by atoms with van der Waals surface area (Å²) in [6, 6.07) is 7.84. The van der Waals surface area contributed by atoms with E-state index in [0.717, 1.165) is 24.5 Å². The van der Waals surface area contributed by atoms with Gasteiger partial charge >= 0.3 is 0 Å². The van der Waals surface area contributed by atoms with Crippen LogP contribution in [0.2, 0.25) is 0 Å². The predicted octanol–water partition coefficient (Wildman–Crippen LogP) is 3.59. The summed E-state index contributed by atoms with van der Waals surface area (Å²) in [5, 5.41) is 11.3. The number of aromatic nitrogens is 3. The summed E-state index contributed by atoms with van der Waals surface area (Å²) in [6.45, 7) is 4.78. The number of benzene rings is 1. The van der Waals surface area contributed by atoms with Crippen molar-refractivity contribution in [1.82, 2.24) is 15.2 Å². The van der Waals surface area contributed by atoms with Gasteiger partial charge in [-0.05, 0) is 44.7 Å². The average molecular weight is 325 g/mol. The van der Waals surface area contributed by atoms with Crippen molar-refractivity contribution in [3.8, 4) is 0 Å². The number of nitrogens with zero attached hydrogens (tertiary/aromatic N) is 4. The van der Waals surface area contributed by atoms with Crippen LogP contribution < -0.4 is 10.2 Å². The van der Waals surface area contributed by atoms with E-state index in [-0.39, 0.29) is 5.78 Å². The third kappa shape index (κ3) is 3.69. The molecule has 6 heteroatoms. The molecule has 1 aliphatic rings. The maximum atomic E-state index is 11.5. The second-order valence-corrected chi connectivity index (χ2v) is 6.15. The number of Topliss-reactive ketones (excluding diaryl/α,β-unsaturated/α-hetero) is 1. The van der Waals surface area contributed by atoms with E-state index < -0.39 is 0 Å². The minimum absolute atomic E-state index is 0.0329. The summed E-state index contributed by atoms with van der Waals surface area (Å²) in [5.41, 5.74) is 1.44. The van der Waals surface area contributed by atoms with E-state index in [1.54, 1.807) is 25.3 Å². The molecule has 0 bridgehead atoms. The highest BCUT2D eigenvalue weighted by molar-refractivity contribution is 5.95. The minimum Gasteiger partial charge on any atom is -0.352 e. The Morgan fingerprint density at radius 2 is 2.25 bits per heavy atom. The van der Waals surface area contributed by atoms with E-state index in [2.05, 4.69) is 32.3 Å². The summed E-state index contributed by atoms with van der Waals surface area (Å²) in [5.74, 6) is 1.35. The van der Waals surface area contributed by atoms with Gasteiger partial charge in [0.15, 0.2) is 11.6 Å². The van der Waals surface area contributed by atoms with Gasteiger partial charge < -0.3 is 10.2 Å². The predicted molar refractivity (Wildman–Crippen MR) is 94.8 cm³/mol. The molecule has 1 N–H and O–H groups in total. The topological polar surface area (TPSA) is 71.0 Å². The summed E-state index contributed by atoms with van der Waals surface area (Å²) in [7, 11) is 0. The fourth-order valence-corrected chi connectivity index (χ4v) is 3.16. The van der Waals surface area contributed by atoms with Gasteiger partial charge in [0, 0.05) is 23.8 Å². The van der Waals surface area contributed by atoms with Crippen LogP contribution in [0.1, 0.15) is 49.9 Å².